The summed E-state index contributed by atoms with van der Waals surface area (Å²) in [5.74, 6) is -0.107. The molecule has 6 heteroatoms. The standard InChI is InChI=1S/C13H18ClN3O2/c1-10(18)15-8-9-17-13(19)16-7-6-11-2-4-12(14)5-3-11/h2-5H,6-9H2,1H3,(H,15,18)(H2,16,17,19). The topological polar surface area (TPSA) is 70.2 Å². The molecule has 0 aromatic heterocycles. The average Bonchev–Trinajstić information content (AvgIpc) is 2.37. The maximum atomic E-state index is 11.4. The van der Waals surface area contributed by atoms with Gasteiger partial charge in [0.1, 0.15) is 0 Å². The quantitative estimate of drug-likeness (QED) is 0.689. The number of amides is 3. The van der Waals surface area contributed by atoms with Crippen LogP contribution in [0.5, 0.6) is 0 Å². The highest BCUT2D eigenvalue weighted by molar-refractivity contribution is 6.30. The molecule has 19 heavy (non-hydrogen) atoms. The average molecular weight is 284 g/mol. The van der Waals surface area contributed by atoms with Gasteiger partial charge < -0.3 is 16.0 Å². The second-order valence-electron chi connectivity index (χ2n) is 4.04. The minimum Gasteiger partial charge on any atom is -0.355 e. The first-order chi connectivity index (χ1) is 9.08. The fraction of sp³-hybridized carbons (Fsp3) is 0.385. The Morgan fingerprint density at radius 3 is 2.21 bits per heavy atom. The van der Waals surface area contributed by atoms with E-state index in [9.17, 15) is 9.59 Å². The van der Waals surface area contributed by atoms with Crippen LogP contribution >= 0.6 is 11.6 Å². The fourth-order valence-corrected chi connectivity index (χ4v) is 1.57. The van der Waals surface area contributed by atoms with E-state index in [2.05, 4.69) is 16.0 Å². The van der Waals surface area contributed by atoms with Crippen LogP contribution in [-0.2, 0) is 11.2 Å². The lowest BCUT2D eigenvalue weighted by molar-refractivity contribution is -0.118. The number of benzene rings is 1. The summed E-state index contributed by atoms with van der Waals surface area (Å²) in [6.45, 7) is 2.83. The van der Waals surface area contributed by atoms with Crippen LogP contribution in [0.25, 0.3) is 0 Å². The van der Waals surface area contributed by atoms with Crippen LogP contribution in [0.2, 0.25) is 5.02 Å². The summed E-state index contributed by atoms with van der Waals surface area (Å²) < 4.78 is 0. The number of nitrogens with one attached hydrogen (secondary N) is 3. The molecule has 0 aliphatic rings. The normalized spacial score (nSPS) is 9.79. The number of hydrogen-bond donors (Lipinski definition) is 3. The molecule has 0 fully saturated rings. The molecule has 0 aliphatic carbocycles. The molecule has 0 radical (unpaired) electrons. The lowest BCUT2D eigenvalue weighted by Gasteiger charge is -2.08. The molecule has 1 aromatic rings. The van der Waals surface area contributed by atoms with Crippen molar-refractivity contribution in [2.75, 3.05) is 19.6 Å². The van der Waals surface area contributed by atoms with Gasteiger partial charge in [0, 0.05) is 31.6 Å². The Morgan fingerprint density at radius 2 is 1.58 bits per heavy atom. The van der Waals surface area contributed by atoms with Crippen molar-refractivity contribution in [2.45, 2.75) is 13.3 Å². The summed E-state index contributed by atoms with van der Waals surface area (Å²) in [5, 5.41) is 8.68. The van der Waals surface area contributed by atoms with E-state index < -0.39 is 0 Å². The fourth-order valence-electron chi connectivity index (χ4n) is 1.45. The summed E-state index contributed by atoms with van der Waals surface area (Å²) in [7, 11) is 0. The van der Waals surface area contributed by atoms with E-state index in [1.54, 1.807) is 0 Å². The van der Waals surface area contributed by atoms with E-state index in [1.807, 2.05) is 24.3 Å². The van der Waals surface area contributed by atoms with Crippen molar-refractivity contribution < 1.29 is 9.59 Å². The summed E-state index contributed by atoms with van der Waals surface area (Å²) in [6, 6.07) is 7.27. The number of carbonyl (C=O) groups excluding carboxylic acids is 2. The van der Waals surface area contributed by atoms with Crippen LogP contribution in [0, 0.1) is 0 Å². The first kappa shape index (κ1) is 15.3. The Hall–Kier alpha value is -1.75. The molecule has 0 saturated heterocycles. The van der Waals surface area contributed by atoms with E-state index in [-0.39, 0.29) is 11.9 Å². The van der Waals surface area contributed by atoms with E-state index in [0.29, 0.717) is 24.7 Å². The minimum absolute atomic E-state index is 0.107. The van der Waals surface area contributed by atoms with Gasteiger partial charge in [-0.05, 0) is 24.1 Å². The molecule has 0 unspecified atom stereocenters. The third-order valence-corrected chi connectivity index (χ3v) is 2.65. The van der Waals surface area contributed by atoms with Gasteiger partial charge in [0.2, 0.25) is 5.91 Å². The van der Waals surface area contributed by atoms with E-state index in [4.69, 9.17) is 11.6 Å². The zero-order chi connectivity index (χ0) is 14.1. The van der Waals surface area contributed by atoms with Gasteiger partial charge in [0.15, 0.2) is 0 Å². The SMILES string of the molecule is CC(=O)NCCNC(=O)NCCc1ccc(Cl)cc1. The number of carbonyl (C=O) groups is 2. The van der Waals surface area contributed by atoms with Crippen LogP contribution in [0.3, 0.4) is 0 Å². The Bertz CT molecular complexity index is 420. The first-order valence-corrected chi connectivity index (χ1v) is 6.46. The molecule has 0 aliphatic heterocycles. The number of halogens is 1. The van der Waals surface area contributed by atoms with Crippen molar-refractivity contribution in [3.8, 4) is 0 Å². The molecule has 0 atom stereocenters. The molecule has 104 valence electrons. The molecule has 5 nitrogen and oxygen atoms in total. The molecule has 3 amide bonds. The lowest BCUT2D eigenvalue weighted by atomic mass is 10.1. The Morgan fingerprint density at radius 1 is 1.00 bits per heavy atom. The molecule has 0 heterocycles. The highest BCUT2D eigenvalue weighted by Gasteiger charge is 1.99. The second kappa shape index (κ2) is 8.37. The van der Waals surface area contributed by atoms with Gasteiger partial charge >= 0.3 is 6.03 Å². The number of rotatable bonds is 6. The van der Waals surface area contributed by atoms with Gasteiger partial charge in [-0.3, -0.25) is 4.79 Å². The third kappa shape index (κ3) is 7.31. The van der Waals surface area contributed by atoms with Gasteiger partial charge in [-0.2, -0.15) is 0 Å². The Balaban J connectivity index is 2.10. The molecule has 0 bridgehead atoms. The van der Waals surface area contributed by atoms with Crippen LogP contribution < -0.4 is 16.0 Å². The molecular weight excluding hydrogens is 266 g/mol. The predicted molar refractivity (Wildman–Crippen MR) is 75.2 cm³/mol. The van der Waals surface area contributed by atoms with Gasteiger partial charge in [0.05, 0.1) is 0 Å². The van der Waals surface area contributed by atoms with Gasteiger partial charge in [-0.25, -0.2) is 4.79 Å². The molecule has 0 spiro atoms. The molecule has 1 rings (SSSR count). The maximum Gasteiger partial charge on any atom is 0.314 e. The van der Waals surface area contributed by atoms with Crippen molar-refractivity contribution in [1.82, 2.24) is 16.0 Å². The molecular formula is C13H18ClN3O2. The number of urea groups is 1. The van der Waals surface area contributed by atoms with Crippen molar-refractivity contribution >= 4 is 23.5 Å². The summed E-state index contributed by atoms with van der Waals surface area (Å²) in [4.78, 5) is 22.0. The van der Waals surface area contributed by atoms with Gasteiger partial charge in [-0.1, -0.05) is 23.7 Å². The third-order valence-electron chi connectivity index (χ3n) is 2.40. The summed E-state index contributed by atoms with van der Waals surface area (Å²) in [5.41, 5.74) is 1.11. The van der Waals surface area contributed by atoms with Crippen LogP contribution in [0.4, 0.5) is 4.79 Å². The zero-order valence-electron chi connectivity index (χ0n) is 10.8. The Labute approximate surface area is 117 Å². The Kier molecular flexibility index (Phi) is 6.74. The minimum atomic E-state index is -0.237. The summed E-state index contributed by atoms with van der Waals surface area (Å²) in [6.07, 6.45) is 0.746. The highest BCUT2D eigenvalue weighted by atomic mass is 35.5. The maximum absolute atomic E-state index is 11.4. The number of hydrogen-bond acceptors (Lipinski definition) is 2. The molecule has 0 saturated carbocycles. The van der Waals surface area contributed by atoms with Crippen molar-refractivity contribution in [3.05, 3.63) is 34.9 Å². The second-order valence-corrected chi connectivity index (χ2v) is 4.48. The van der Waals surface area contributed by atoms with E-state index in [0.717, 1.165) is 12.0 Å². The van der Waals surface area contributed by atoms with Gasteiger partial charge in [-0.15, -0.1) is 0 Å². The first-order valence-electron chi connectivity index (χ1n) is 6.08. The van der Waals surface area contributed by atoms with Crippen molar-refractivity contribution in [3.63, 3.8) is 0 Å². The van der Waals surface area contributed by atoms with Crippen LogP contribution in [-0.4, -0.2) is 31.6 Å². The van der Waals surface area contributed by atoms with Gasteiger partial charge in [0.25, 0.3) is 0 Å². The van der Waals surface area contributed by atoms with Crippen LogP contribution in [0.1, 0.15) is 12.5 Å². The van der Waals surface area contributed by atoms with Crippen molar-refractivity contribution in [2.24, 2.45) is 0 Å². The smallest absolute Gasteiger partial charge is 0.314 e. The largest absolute Gasteiger partial charge is 0.355 e. The highest BCUT2D eigenvalue weighted by Crippen LogP contribution is 2.09. The van der Waals surface area contributed by atoms with E-state index >= 15 is 0 Å². The monoisotopic (exact) mass is 283 g/mol. The van der Waals surface area contributed by atoms with E-state index in [1.165, 1.54) is 6.92 Å². The zero-order valence-corrected chi connectivity index (χ0v) is 11.6. The van der Waals surface area contributed by atoms with Crippen molar-refractivity contribution in [1.29, 1.82) is 0 Å². The predicted octanol–water partition coefficient (Wildman–Crippen LogP) is 1.32. The van der Waals surface area contributed by atoms with Crippen LogP contribution in [0.15, 0.2) is 24.3 Å². The lowest BCUT2D eigenvalue weighted by Crippen LogP contribution is -2.40. The summed E-state index contributed by atoms with van der Waals surface area (Å²) >= 11 is 5.78. The molecule has 3 N–H and O–H groups in total. The molecule has 1 aromatic carbocycles.